The summed E-state index contributed by atoms with van der Waals surface area (Å²) in [6, 6.07) is 6.33. The predicted molar refractivity (Wildman–Crippen MR) is 88.3 cm³/mol. The lowest BCUT2D eigenvalue weighted by Crippen LogP contribution is -1.92. The normalized spacial score (nSPS) is 13.1. The van der Waals surface area contributed by atoms with Gasteiger partial charge in [0.1, 0.15) is 5.52 Å². The molecule has 0 radical (unpaired) electrons. The average molecular weight is 364 g/mol. The van der Waals surface area contributed by atoms with Crippen LogP contribution in [0.5, 0.6) is 0 Å². The molecule has 5 heteroatoms. The second-order valence-electron chi connectivity index (χ2n) is 4.59. The highest BCUT2D eigenvalue weighted by molar-refractivity contribution is 9.10. The summed E-state index contributed by atoms with van der Waals surface area (Å²) in [6.07, 6.45) is 5.33. The summed E-state index contributed by atoms with van der Waals surface area (Å²) < 4.78 is 2.03. The molecule has 0 unspecified atom stereocenters. The number of allylic oxidation sites excluding steroid dienone is 1. The molecule has 20 heavy (non-hydrogen) atoms. The van der Waals surface area contributed by atoms with Crippen molar-refractivity contribution < 1.29 is 0 Å². The molecule has 0 atom stereocenters. The standard InChI is InChI=1S/C15H8BrClN2S/c16-11-7-20-14-12(18-15(17)19-13(11)14)10-6-2-4-8-3-1-5-9(8)10/h1-2,4-7H,3H2. The van der Waals surface area contributed by atoms with E-state index < -0.39 is 0 Å². The van der Waals surface area contributed by atoms with E-state index in [-0.39, 0.29) is 5.28 Å². The molecular weight excluding hydrogens is 356 g/mol. The Labute approximate surface area is 133 Å². The van der Waals surface area contributed by atoms with E-state index in [1.165, 1.54) is 11.1 Å². The number of nitrogens with zero attached hydrogens (tertiary/aromatic N) is 2. The molecule has 0 fully saturated rings. The number of fused-ring (bicyclic) bond motifs is 2. The van der Waals surface area contributed by atoms with E-state index in [4.69, 9.17) is 11.6 Å². The van der Waals surface area contributed by atoms with Crippen molar-refractivity contribution >= 4 is 55.2 Å². The molecule has 2 nitrogen and oxygen atoms in total. The fourth-order valence-electron chi connectivity index (χ4n) is 2.54. The van der Waals surface area contributed by atoms with Crippen LogP contribution in [0.1, 0.15) is 11.1 Å². The molecule has 1 aromatic carbocycles. The van der Waals surface area contributed by atoms with Crippen molar-refractivity contribution in [3.8, 4) is 11.3 Å². The first-order chi connectivity index (χ1) is 9.74. The third-order valence-corrected chi connectivity index (χ3v) is 5.47. The van der Waals surface area contributed by atoms with Crippen LogP contribution in [0.2, 0.25) is 5.28 Å². The number of hydrogen-bond acceptors (Lipinski definition) is 3. The van der Waals surface area contributed by atoms with Gasteiger partial charge in [-0.15, -0.1) is 11.3 Å². The lowest BCUT2D eigenvalue weighted by molar-refractivity contribution is 1.22. The van der Waals surface area contributed by atoms with Gasteiger partial charge in [0.05, 0.1) is 14.9 Å². The number of aromatic nitrogens is 2. The van der Waals surface area contributed by atoms with Crippen molar-refractivity contribution in [2.24, 2.45) is 0 Å². The van der Waals surface area contributed by atoms with Crippen LogP contribution in [0.25, 0.3) is 27.6 Å². The topological polar surface area (TPSA) is 25.8 Å². The van der Waals surface area contributed by atoms with Crippen LogP contribution in [0.15, 0.2) is 34.1 Å². The first-order valence-electron chi connectivity index (χ1n) is 6.13. The molecule has 98 valence electrons. The molecule has 0 spiro atoms. The van der Waals surface area contributed by atoms with E-state index in [9.17, 15) is 0 Å². The van der Waals surface area contributed by atoms with Crippen LogP contribution in [-0.2, 0) is 6.42 Å². The summed E-state index contributed by atoms with van der Waals surface area (Å²) in [4.78, 5) is 8.79. The SMILES string of the molecule is Clc1nc(-c2cccc3c2C=CC3)c2scc(Br)c2n1. The highest BCUT2D eigenvalue weighted by Gasteiger charge is 2.17. The summed E-state index contributed by atoms with van der Waals surface area (Å²) >= 11 is 11.2. The van der Waals surface area contributed by atoms with Gasteiger partial charge < -0.3 is 0 Å². The zero-order valence-corrected chi connectivity index (χ0v) is 13.4. The predicted octanol–water partition coefficient (Wildman–Crippen LogP) is 5.34. The van der Waals surface area contributed by atoms with E-state index in [0.717, 1.165) is 32.4 Å². The Morgan fingerprint density at radius 1 is 1.25 bits per heavy atom. The third kappa shape index (κ3) is 1.83. The van der Waals surface area contributed by atoms with Crippen LogP contribution in [0, 0.1) is 0 Å². The number of thiophene rings is 1. The van der Waals surface area contributed by atoms with Gasteiger partial charge >= 0.3 is 0 Å². The van der Waals surface area contributed by atoms with Crippen molar-refractivity contribution in [1.82, 2.24) is 9.97 Å². The van der Waals surface area contributed by atoms with Crippen LogP contribution in [0.3, 0.4) is 0 Å². The van der Waals surface area contributed by atoms with Gasteiger partial charge in [0.25, 0.3) is 0 Å². The molecule has 0 amide bonds. The summed E-state index contributed by atoms with van der Waals surface area (Å²) in [5.41, 5.74) is 5.50. The van der Waals surface area contributed by atoms with Gasteiger partial charge in [-0.2, -0.15) is 0 Å². The second-order valence-corrected chi connectivity index (χ2v) is 6.66. The highest BCUT2D eigenvalue weighted by atomic mass is 79.9. The number of hydrogen-bond donors (Lipinski definition) is 0. The van der Waals surface area contributed by atoms with E-state index in [2.05, 4.69) is 56.2 Å². The van der Waals surface area contributed by atoms with Crippen molar-refractivity contribution in [3.05, 3.63) is 50.5 Å². The van der Waals surface area contributed by atoms with Gasteiger partial charge in [-0.1, -0.05) is 30.4 Å². The van der Waals surface area contributed by atoms with E-state index in [1.54, 1.807) is 11.3 Å². The lowest BCUT2D eigenvalue weighted by atomic mass is 10.0. The minimum atomic E-state index is 0.283. The summed E-state index contributed by atoms with van der Waals surface area (Å²) in [5, 5.41) is 2.31. The fraction of sp³-hybridized carbons (Fsp3) is 0.0667. The Morgan fingerprint density at radius 3 is 3.05 bits per heavy atom. The van der Waals surface area contributed by atoms with Crippen molar-refractivity contribution in [1.29, 1.82) is 0 Å². The quantitative estimate of drug-likeness (QED) is 0.545. The number of halogens is 2. The molecule has 4 rings (SSSR count). The molecular formula is C15H8BrClN2S. The van der Waals surface area contributed by atoms with Gasteiger partial charge in [0.15, 0.2) is 0 Å². The minimum Gasteiger partial charge on any atom is -0.216 e. The van der Waals surface area contributed by atoms with Crippen LogP contribution in [-0.4, -0.2) is 9.97 Å². The molecule has 2 aromatic heterocycles. The first-order valence-corrected chi connectivity index (χ1v) is 8.18. The molecule has 3 aromatic rings. The Hall–Kier alpha value is -1.23. The smallest absolute Gasteiger partial charge is 0.216 e. The highest BCUT2D eigenvalue weighted by Crippen LogP contribution is 2.39. The van der Waals surface area contributed by atoms with Crippen LogP contribution in [0.4, 0.5) is 0 Å². The first kappa shape index (κ1) is 12.5. The van der Waals surface area contributed by atoms with Gasteiger partial charge in [0, 0.05) is 10.9 Å². The zero-order chi connectivity index (χ0) is 13.7. The summed E-state index contributed by atoms with van der Waals surface area (Å²) in [5.74, 6) is 0. The maximum Gasteiger partial charge on any atom is 0.223 e. The molecule has 2 heterocycles. The molecule has 0 bridgehead atoms. The van der Waals surface area contributed by atoms with Crippen molar-refractivity contribution in [3.63, 3.8) is 0 Å². The molecule has 0 saturated carbocycles. The van der Waals surface area contributed by atoms with Gasteiger partial charge in [0.2, 0.25) is 5.28 Å². The van der Waals surface area contributed by atoms with Crippen LogP contribution < -0.4 is 0 Å². The fourth-order valence-corrected chi connectivity index (χ4v) is 4.28. The van der Waals surface area contributed by atoms with Gasteiger partial charge in [-0.05, 0) is 45.1 Å². The minimum absolute atomic E-state index is 0.283. The molecule has 1 aliphatic rings. The van der Waals surface area contributed by atoms with E-state index in [0.29, 0.717) is 0 Å². The Balaban J connectivity index is 2.09. The Bertz CT molecular complexity index is 870. The van der Waals surface area contributed by atoms with Gasteiger partial charge in [-0.3, -0.25) is 0 Å². The second kappa shape index (κ2) is 4.65. The maximum absolute atomic E-state index is 6.10. The van der Waals surface area contributed by atoms with Gasteiger partial charge in [-0.25, -0.2) is 9.97 Å². The summed E-state index contributed by atoms with van der Waals surface area (Å²) in [7, 11) is 0. The Morgan fingerprint density at radius 2 is 2.15 bits per heavy atom. The average Bonchev–Trinajstić information content (AvgIpc) is 3.05. The van der Waals surface area contributed by atoms with Crippen LogP contribution >= 0.6 is 38.9 Å². The van der Waals surface area contributed by atoms with Crippen molar-refractivity contribution in [2.75, 3.05) is 0 Å². The zero-order valence-electron chi connectivity index (χ0n) is 10.2. The molecule has 0 saturated heterocycles. The monoisotopic (exact) mass is 362 g/mol. The molecule has 0 N–H and O–H groups in total. The van der Waals surface area contributed by atoms with E-state index in [1.807, 2.05) is 5.38 Å². The lowest BCUT2D eigenvalue weighted by Gasteiger charge is -2.08. The third-order valence-electron chi connectivity index (χ3n) is 3.42. The maximum atomic E-state index is 6.10. The molecule has 0 aliphatic heterocycles. The Kier molecular flexibility index (Phi) is 2.91. The largest absolute Gasteiger partial charge is 0.223 e. The van der Waals surface area contributed by atoms with Crippen molar-refractivity contribution in [2.45, 2.75) is 6.42 Å². The number of benzene rings is 1. The number of rotatable bonds is 1. The molecule has 1 aliphatic carbocycles. The van der Waals surface area contributed by atoms with E-state index >= 15 is 0 Å². The summed E-state index contributed by atoms with van der Waals surface area (Å²) in [6.45, 7) is 0.